The lowest BCUT2D eigenvalue weighted by Gasteiger charge is -2.23. The summed E-state index contributed by atoms with van der Waals surface area (Å²) in [5, 5.41) is 20.2. The van der Waals surface area contributed by atoms with Crippen LogP contribution in [0.1, 0.15) is 18.1 Å². The van der Waals surface area contributed by atoms with Crippen molar-refractivity contribution in [1.82, 2.24) is 15.0 Å². The smallest absolute Gasteiger partial charge is 0.366 e. The predicted molar refractivity (Wildman–Crippen MR) is 145 cm³/mol. The number of phenolic OH excluding ortho intramolecular Hbond substituents is 1. The molecule has 0 aliphatic rings. The quantitative estimate of drug-likeness (QED) is 0.242. The van der Waals surface area contributed by atoms with E-state index in [1.54, 1.807) is 4.80 Å². The standard InChI is InChI=1S/C24H36N3O3S2Si/c1-17-13-19(14-18(2)16-32(5)24(29-31(3)4)30-33(6,7)8)23(28)22(15-17)27-25-20-11-9-10-12-21(20)26-27/h9-13,15,18,24H,14,16H2,1-8H3/q+1/p+1/t18?,24-,32?/m0/s1. The molecule has 9 heteroatoms. The largest absolute Gasteiger partial charge is 0.505 e. The Hall–Kier alpha value is -1.52. The fraction of sp³-hybridized carbons (Fsp3) is 0.500. The highest BCUT2D eigenvalue weighted by molar-refractivity contribution is 7.97. The summed E-state index contributed by atoms with van der Waals surface area (Å²) in [6, 6.07) is 11.7. The fourth-order valence-electron chi connectivity index (χ4n) is 3.69. The first-order chi connectivity index (χ1) is 15.4. The summed E-state index contributed by atoms with van der Waals surface area (Å²) in [6.45, 7) is 10.9. The average Bonchev–Trinajstić information content (AvgIpc) is 3.12. The van der Waals surface area contributed by atoms with Crippen LogP contribution in [0.5, 0.6) is 5.75 Å². The van der Waals surface area contributed by atoms with E-state index in [1.165, 1.54) is 0 Å². The lowest BCUT2D eigenvalue weighted by Crippen LogP contribution is -2.41. The Morgan fingerprint density at radius 3 is 2.21 bits per heavy atom. The van der Waals surface area contributed by atoms with Gasteiger partial charge in [0.25, 0.3) is 0 Å². The Morgan fingerprint density at radius 1 is 1.06 bits per heavy atom. The maximum absolute atomic E-state index is 11.1. The molecule has 0 saturated carbocycles. The van der Waals surface area contributed by atoms with Crippen molar-refractivity contribution in [3.63, 3.8) is 0 Å². The number of benzene rings is 2. The SMILES string of the molecule is Cc1cc(CC(C)C[S+](C)[C@@H](O[S+](C)C)O[Si](C)(C)C)c(O)c(-n2nc3ccccc3n2)c1. The Morgan fingerprint density at radius 2 is 1.67 bits per heavy atom. The van der Waals surface area contributed by atoms with Gasteiger partial charge in [-0.1, -0.05) is 29.3 Å². The first-order valence-electron chi connectivity index (χ1n) is 11.1. The molecule has 33 heavy (non-hydrogen) atoms. The first-order valence-corrected chi connectivity index (χ1v) is 18.4. The zero-order valence-corrected chi connectivity index (χ0v) is 23.6. The Labute approximate surface area is 204 Å². The molecule has 3 atom stereocenters. The van der Waals surface area contributed by atoms with E-state index in [0.29, 0.717) is 11.6 Å². The molecule has 0 bridgehead atoms. The molecule has 0 amide bonds. The molecule has 1 N–H and O–H groups in total. The molecule has 1 heterocycles. The molecule has 3 rings (SSSR count). The summed E-state index contributed by atoms with van der Waals surface area (Å²) in [7, 11) is -1.78. The number of rotatable bonds is 10. The van der Waals surface area contributed by atoms with E-state index >= 15 is 0 Å². The molecule has 6 nitrogen and oxygen atoms in total. The highest BCUT2D eigenvalue weighted by atomic mass is 32.2. The Kier molecular flexibility index (Phi) is 8.55. The van der Waals surface area contributed by atoms with Gasteiger partial charge in [0.1, 0.15) is 47.0 Å². The van der Waals surface area contributed by atoms with Crippen molar-refractivity contribution in [2.75, 3.05) is 24.5 Å². The summed E-state index contributed by atoms with van der Waals surface area (Å²) in [5.41, 5.74) is 4.06. The van der Waals surface area contributed by atoms with Crippen molar-refractivity contribution in [1.29, 1.82) is 0 Å². The Balaban J connectivity index is 1.78. The van der Waals surface area contributed by atoms with Gasteiger partial charge in [-0.3, -0.25) is 0 Å². The third kappa shape index (κ3) is 7.23. The summed E-state index contributed by atoms with van der Waals surface area (Å²) < 4.78 is 12.5. The zero-order valence-electron chi connectivity index (χ0n) is 21.0. The van der Waals surface area contributed by atoms with Crippen LogP contribution in [0.2, 0.25) is 19.6 Å². The van der Waals surface area contributed by atoms with E-state index in [2.05, 4.69) is 61.6 Å². The van der Waals surface area contributed by atoms with Crippen LogP contribution in [0.25, 0.3) is 16.7 Å². The molecule has 2 aromatic carbocycles. The van der Waals surface area contributed by atoms with Crippen LogP contribution in [0.15, 0.2) is 36.4 Å². The molecule has 180 valence electrons. The number of phenols is 1. The van der Waals surface area contributed by atoms with E-state index in [1.807, 2.05) is 37.3 Å². The van der Waals surface area contributed by atoms with Crippen LogP contribution < -0.4 is 0 Å². The molecule has 0 spiro atoms. The third-order valence-electron chi connectivity index (χ3n) is 4.98. The molecule has 1 aromatic heterocycles. The number of fused-ring (bicyclic) bond motifs is 1. The minimum atomic E-state index is -1.72. The number of nitrogens with zero attached hydrogens (tertiary/aromatic N) is 3. The van der Waals surface area contributed by atoms with Crippen molar-refractivity contribution in [3.05, 3.63) is 47.5 Å². The van der Waals surface area contributed by atoms with Gasteiger partial charge in [0, 0.05) is 16.8 Å². The van der Waals surface area contributed by atoms with Gasteiger partial charge >= 0.3 is 5.62 Å². The molecule has 0 radical (unpaired) electrons. The predicted octanol–water partition coefficient (Wildman–Crippen LogP) is 4.81. The van der Waals surface area contributed by atoms with Gasteiger partial charge in [0.15, 0.2) is 19.5 Å². The number of aryl methyl sites for hydroxylation is 1. The van der Waals surface area contributed by atoms with E-state index < -0.39 is 8.32 Å². The molecule has 0 aliphatic heterocycles. The summed E-state index contributed by atoms with van der Waals surface area (Å²) in [4.78, 5) is 1.54. The third-order valence-corrected chi connectivity index (χ3v) is 8.70. The van der Waals surface area contributed by atoms with Gasteiger partial charge in [-0.25, -0.2) is 0 Å². The maximum atomic E-state index is 11.1. The van der Waals surface area contributed by atoms with Crippen LogP contribution in [0, 0.1) is 12.8 Å². The average molecular weight is 508 g/mol. The van der Waals surface area contributed by atoms with Crippen molar-refractivity contribution in [3.8, 4) is 11.4 Å². The van der Waals surface area contributed by atoms with Crippen LogP contribution in [0.3, 0.4) is 0 Å². The first kappa shape index (κ1) is 26.1. The Bertz CT molecular complexity index is 1050. The fourth-order valence-corrected chi connectivity index (χ4v) is 8.44. The molecule has 0 fully saturated rings. The number of hydrogen-bond donors (Lipinski definition) is 1. The van der Waals surface area contributed by atoms with E-state index in [0.717, 1.165) is 34.3 Å². The summed E-state index contributed by atoms with van der Waals surface area (Å²) in [6.07, 6.45) is 7.16. The van der Waals surface area contributed by atoms with Crippen LogP contribution in [-0.2, 0) is 37.1 Å². The summed E-state index contributed by atoms with van der Waals surface area (Å²) in [5.74, 6) is 1.58. The van der Waals surface area contributed by atoms with Crippen LogP contribution in [-0.4, -0.2) is 58.6 Å². The number of aromatic nitrogens is 3. The second kappa shape index (κ2) is 10.8. The highest BCUT2D eigenvalue weighted by Gasteiger charge is 2.38. The van der Waals surface area contributed by atoms with E-state index in [-0.39, 0.29) is 33.4 Å². The molecule has 3 aromatic rings. The number of hydrogen-bond acceptors (Lipinski definition) is 5. The second-order valence-electron chi connectivity index (χ2n) is 9.79. The monoisotopic (exact) mass is 507 g/mol. The van der Waals surface area contributed by atoms with Crippen LogP contribution >= 0.6 is 0 Å². The highest BCUT2D eigenvalue weighted by Crippen LogP contribution is 2.30. The van der Waals surface area contributed by atoms with Gasteiger partial charge in [-0.15, -0.1) is 15.0 Å². The van der Waals surface area contributed by atoms with Crippen molar-refractivity contribution < 1.29 is 13.7 Å². The van der Waals surface area contributed by atoms with E-state index in [9.17, 15) is 5.11 Å². The normalized spacial score (nSPS) is 15.2. The topological polar surface area (TPSA) is 69.4 Å². The lowest BCUT2D eigenvalue weighted by atomic mass is 9.99. The number of aromatic hydroxyl groups is 1. The molecule has 2 unspecified atom stereocenters. The maximum Gasteiger partial charge on any atom is 0.366 e. The molecular weight excluding hydrogens is 471 g/mol. The van der Waals surface area contributed by atoms with Crippen molar-refractivity contribution in [2.24, 2.45) is 5.92 Å². The minimum Gasteiger partial charge on any atom is -0.505 e. The van der Waals surface area contributed by atoms with Gasteiger partial charge in [0.2, 0.25) is 0 Å². The second-order valence-corrected chi connectivity index (χ2v) is 18.0. The molecule has 0 saturated heterocycles. The van der Waals surface area contributed by atoms with Crippen molar-refractivity contribution >= 4 is 41.4 Å². The van der Waals surface area contributed by atoms with Gasteiger partial charge in [0.05, 0.1) is 0 Å². The molecular formula is C24H37N3O3S2Si+2. The lowest BCUT2D eigenvalue weighted by molar-refractivity contribution is 0.0919. The minimum absolute atomic E-state index is 0.0568. The van der Waals surface area contributed by atoms with Crippen LogP contribution in [0.4, 0.5) is 0 Å². The van der Waals surface area contributed by atoms with Gasteiger partial charge < -0.3 is 9.53 Å². The zero-order chi connectivity index (χ0) is 24.3. The summed E-state index contributed by atoms with van der Waals surface area (Å²) >= 11 is -0.144. The van der Waals surface area contributed by atoms with Crippen molar-refractivity contribution in [2.45, 2.75) is 45.5 Å². The van der Waals surface area contributed by atoms with E-state index in [4.69, 9.17) is 8.61 Å². The van der Waals surface area contributed by atoms with Gasteiger partial charge in [-0.2, -0.15) is 0 Å². The van der Waals surface area contributed by atoms with Gasteiger partial charge in [-0.05, 0) is 62.3 Å². The molecule has 0 aliphatic carbocycles.